The Balaban J connectivity index is 1.35. The second-order valence-electron chi connectivity index (χ2n) is 9.98. The highest BCUT2D eigenvalue weighted by atomic mass is 16.2. The van der Waals surface area contributed by atoms with Gasteiger partial charge in [-0.1, -0.05) is 54.6 Å². The van der Waals surface area contributed by atoms with Crippen molar-refractivity contribution >= 4 is 23.6 Å². The van der Waals surface area contributed by atoms with Gasteiger partial charge >= 0.3 is 0 Å². The summed E-state index contributed by atoms with van der Waals surface area (Å²) in [6.45, 7) is 4.37. The summed E-state index contributed by atoms with van der Waals surface area (Å²) in [6.07, 6.45) is 13.1. The molecule has 1 aromatic heterocycles. The van der Waals surface area contributed by atoms with Crippen LogP contribution in [0.2, 0.25) is 0 Å². The zero-order valence-electron chi connectivity index (χ0n) is 22.4. The number of allylic oxidation sites excluding steroid dienone is 2. The van der Waals surface area contributed by atoms with E-state index >= 15 is 0 Å². The van der Waals surface area contributed by atoms with Gasteiger partial charge in [-0.25, -0.2) is 4.98 Å². The van der Waals surface area contributed by atoms with Crippen molar-refractivity contribution in [2.45, 2.75) is 50.7 Å². The number of anilines is 2. The van der Waals surface area contributed by atoms with Crippen LogP contribution >= 0.6 is 0 Å². The normalized spacial score (nSPS) is 20.1. The zero-order valence-corrected chi connectivity index (χ0v) is 22.4. The first-order chi connectivity index (χ1) is 19.1. The zero-order chi connectivity index (χ0) is 27.3. The summed E-state index contributed by atoms with van der Waals surface area (Å²) in [5.41, 5.74) is 7.76. The highest BCUT2D eigenvalue weighted by Crippen LogP contribution is 2.18. The van der Waals surface area contributed by atoms with Gasteiger partial charge in [-0.2, -0.15) is 4.98 Å². The van der Waals surface area contributed by atoms with Crippen molar-refractivity contribution in [1.29, 1.82) is 0 Å². The molecule has 10 heteroatoms. The molecule has 10 nitrogen and oxygen atoms in total. The van der Waals surface area contributed by atoms with E-state index in [2.05, 4.69) is 60.4 Å². The molecule has 1 saturated heterocycles. The van der Waals surface area contributed by atoms with Crippen molar-refractivity contribution in [3.8, 4) is 0 Å². The van der Waals surface area contributed by atoms with E-state index in [0.29, 0.717) is 43.4 Å². The van der Waals surface area contributed by atoms with E-state index in [1.54, 1.807) is 6.20 Å². The van der Waals surface area contributed by atoms with Crippen molar-refractivity contribution in [3.63, 3.8) is 0 Å². The molecule has 39 heavy (non-hydrogen) atoms. The second-order valence-corrected chi connectivity index (χ2v) is 9.98. The number of rotatable bonds is 4. The summed E-state index contributed by atoms with van der Waals surface area (Å²) in [5.74, 6) is 0.631. The van der Waals surface area contributed by atoms with Crippen molar-refractivity contribution in [3.05, 3.63) is 72.0 Å². The maximum absolute atomic E-state index is 13.3. The van der Waals surface area contributed by atoms with E-state index in [1.165, 1.54) is 5.56 Å². The molecule has 2 aromatic rings. The van der Waals surface area contributed by atoms with Gasteiger partial charge in [-0.3, -0.25) is 14.5 Å². The van der Waals surface area contributed by atoms with Crippen LogP contribution in [0, 0.1) is 0 Å². The Kier molecular flexibility index (Phi) is 10.9. The minimum atomic E-state index is -0.539. The molecule has 0 aliphatic carbocycles. The van der Waals surface area contributed by atoms with Crippen LogP contribution in [0.4, 0.5) is 11.8 Å². The molecule has 0 saturated carbocycles. The average Bonchev–Trinajstić information content (AvgIpc) is 2.95. The third-order valence-corrected chi connectivity index (χ3v) is 6.93. The van der Waals surface area contributed by atoms with E-state index in [4.69, 9.17) is 5.73 Å². The molecule has 2 amide bonds. The number of hydrogen-bond acceptors (Lipinski definition) is 8. The topological polar surface area (TPSA) is 137 Å². The Morgan fingerprint density at radius 2 is 1.74 bits per heavy atom. The summed E-state index contributed by atoms with van der Waals surface area (Å²) < 4.78 is 0. The van der Waals surface area contributed by atoms with Gasteiger partial charge < -0.3 is 27.0 Å². The van der Waals surface area contributed by atoms with E-state index in [0.717, 1.165) is 45.3 Å². The molecule has 1 aromatic carbocycles. The maximum Gasteiger partial charge on any atom is 0.256 e. The lowest BCUT2D eigenvalue weighted by molar-refractivity contribution is -0.122. The number of nitrogens with zero attached hydrogens (tertiary/aromatic N) is 3. The van der Waals surface area contributed by atoms with Crippen LogP contribution < -0.4 is 27.0 Å². The van der Waals surface area contributed by atoms with Crippen LogP contribution in [0.25, 0.3) is 0 Å². The molecule has 3 heterocycles. The highest BCUT2D eigenvalue weighted by molar-refractivity contribution is 5.98. The third-order valence-electron chi connectivity index (χ3n) is 6.93. The summed E-state index contributed by atoms with van der Waals surface area (Å²) in [4.78, 5) is 36.8. The molecular formula is C29H40N8O2. The van der Waals surface area contributed by atoms with Gasteiger partial charge in [0.15, 0.2) is 0 Å². The van der Waals surface area contributed by atoms with Gasteiger partial charge in [0.05, 0.1) is 6.04 Å². The number of carbonyl (C=O) groups is 2. The highest BCUT2D eigenvalue weighted by Gasteiger charge is 2.23. The summed E-state index contributed by atoms with van der Waals surface area (Å²) >= 11 is 0. The third kappa shape index (κ3) is 9.19. The number of hydrogen-bond donors (Lipinski definition) is 5. The van der Waals surface area contributed by atoms with Crippen molar-refractivity contribution in [2.75, 3.05) is 43.4 Å². The van der Waals surface area contributed by atoms with Gasteiger partial charge in [0, 0.05) is 51.5 Å². The summed E-state index contributed by atoms with van der Waals surface area (Å²) in [5, 5.41) is 12.5. The fourth-order valence-corrected chi connectivity index (χ4v) is 4.67. The minimum Gasteiger partial charge on any atom is -0.369 e. The molecule has 4 rings (SSSR count). The molecule has 1 atom stereocenters. The van der Waals surface area contributed by atoms with Crippen LogP contribution in [-0.2, 0) is 11.3 Å². The molecule has 208 valence electrons. The fourth-order valence-electron chi connectivity index (χ4n) is 4.67. The predicted molar refractivity (Wildman–Crippen MR) is 154 cm³/mol. The molecule has 1 unspecified atom stereocenters. The van der Waals surface area contributed by atoms with E-state index in [9.17, 15) is 9.59 Å². The number of aromatic nitrogens is 2. The number of piperidine rings is 1. The summed E-state index contributed by atoms with van der Waals surface area (Å²) in [6, 6.07) is 10.0. The molecule has 6 N–H and O–H groups in total. The van der Waals surface area contributed by atoms with Gasteiger partial charge in [-0.15, -0.1) is 0 Å². The number of carbonyl (C=O) groups excluding carboxylic acids is 2. The number of amides is 2. The van der Waals surface area contributed by atoms with Crippen molar-refractivity contribution in [2.24, 2.45) is 5.73 Å². The minimum absolute atomic E-state index is 0.111. The first kappa shape index (κ1) is 28.3. The van der Waals surface area contributed by atoms with Gasteiger partial charge in [0.2, 0.25) is 11.9 Å². The van der Waals surface area contributed by atoms with Crippen LogP contribution in [0.1, 0.15) is 48.0 Å². The number of fused-ring (bicyclic) bond motifs is 2. The fraction of sp³-hybridized carbons (Fsp3) is 0.448. The predicted octanol–water partition coefficient (Wildman–Crippen LogP) is 2.43. The maximum atomic E-state index is 13.3. The number of nitrogens with one attached hydrogen (secondary N) is 4. The first-order valence-corrected chi connectivity index (χ1v) is 13.9. The smallest absolute Gasteiger partial charge is 0.256 e. The molecule has 2 aliphatic rings. The number of likely N-dealkylation sites (tertiary alicyclic amines) is 1. The van der Waals surface area contributed by atoms with Crippen LogP contribution in [0.3, 0.4) is 0 Å². The Hall–Kier alpha value is -3.76. The Labute approximate surface area is 230 Å². The standard InChI is InChI=1S/C29H40N8O2/c30-25-12-6-9-15-31-26-24(20-34-29(36-26)33-17-8-2-1-7-16-32-28(25)39)27(38)35-23-13-18-37(19-14-23)21-22-10-4-3-5-11-22/h1-5,7-8,10-11,20,23,25H,6,9,12-19,21,30H2,(H,32,39)(H,35,38)(H2,31,33,34,36). The first-order valence-electron chi connectivity index (χ1n) is 13.9. The van der Waals surface area contributed by atoms with Gasteiger partial charge in [0.1, 0.15) is 11.4 Å². The summed E-state index contributed by atoms with van der Waals surface area (Å²) in [7, 11) is 0. The molecule has 2 aliphatic heterocycles. The lowest BCUT2D eigenvalue weighted by Gasteiger charge is -2.32. The molecular weight excluding hydrogens is 492 g/mol. The van der Waals surface area contributed by atoms with E-state index < -0.39 is 6.04 Å². The SMILES string of the molecule is NC1CCCCNc2nc(ncc2C(=O)NC2CCN(Cc3ccccc3)CC2)NCC=CC=CCNC1=O. The monoisotopic (exact) mass is 532 g/mol. The van der Waals surface area contributed by atoms with Crippen molar-refractivity contribution in [1.82, 2.24) is 25.5 Å². The van der Waals surface area contributed by atoms with Gasteiger partial charge in [-0.05, 0) is 37.7 Å². The Morgan fingerprint density at radius 1 is 1.00 bits per heavy atom. The Bertz CT molecular complexity index is 1130. The number of benzene rings is 1. The lowest BCUT2D eigenvalue weighted by atomic mass is 10.0. The molecule has 2 bridgehead atoms. The van der Waals surface area contributed by atoms with E-state index in [1.807, 2.05) is 30.4 Å². The average molecular weight is 533 g/mol. The second kappa shape index (κ2) is 15.0. The van der Waals surface area contributed by atoms with Crippen LogP contribution in [0.15, 0.2) is 60.8 Å². The quantitative estimate of drug-likeness (QED) is 0.405. The lowest BCUT2D eigenvalue weighted by Crippen LogP contribution is -2.44. The van der Waals surface area contributed by atoms with Crippen LogP contribution in [0.5, 0.6) is 0 Å². The molecule has 0 spiro atoms. The van der Waals surface area contributed by atoms with E-state index in [-0.39, 0.29) is 17.9 Å². The molecule has 1 fully saturated rings. The largest absolute Gasteiger partial charge is 0.369 e. The van der Waals surface area contributed by atoms with Crippen molar-refractivity contribution < 1.29 is 9.59 Å². The molecule has 0 radical (unpaired) electrons. The van der Waals surface area contributed by atoms with Gasteiger partial charge in [0.25, 0.3) is 5.91 Å². The Morgan fingerprint density at radius 3 is 2.51 bits per heavy atom. The van der Waals surface area contributed by atoms with Crippen LogP contribution in [-0.4, -0.2) is 71.5 Å². The number of nitrogens with two attached hydrogens (primary N) is 1.